The number of carboxylic acid groups (broad SMARTS) is 1. The van der Waals surface area contributed by atoms with Crippen molar-refractivity contribution < 1.29 is 19.0 Å². The van der Waals surface area contributed by atoms with Gasteiger partial charge in [-0.05, 0) is 63.2 Å². The molecule has 0 spiro atoms. The molecule has 0 aliphatic heterocycles. The number of carboxylic acids is 1. The van der Waals surface area contributed by atoms with Gasteiger partial charge >= 0.3 is 5.97 Å². The third kappa shape index (κ3) is 4.48. The lowest BCUT2D eigenvalue weighted by molar-refractivity contribution is 0.0696. The van der Waals surface area contributed by atoms with E-state index < -0.39 is 11.8 Å². The fourth-order valence-electron chi connectivity index (χ4n) is 1.91. The molecule has 116 valence electrons. The second-order valence-corrected chi connectivity index (χ2v) is 5.90. The second kappa shape index (κ2) is 6.05. The Hall–Kier alpha value is -2.56. The van der Waals surface area contributed by atoms with Crippen LogP contribution in [0.3, 0.4) is 0 Å². The van der Waals surface area contributed by atoms with Crippen molar-refractivity contribution in [2.75, 3.05) is 5.32 Å². The lowest BCUT2D eigenvalue weighted by atomic mass is 10.2. The van der Waals surface area contributed by atoms with Crippen LogP contribution in [0.15, 0.2) is 42.5 Å². The number of hydrogen-bond acceptors (Lipinski definition) is 3. The lowest BCUT2D eigenvalue weighted by Gasteiger charge is -2.21. The molecule has 0 heterocycles. The summed E-state index contributed by atoms with van der Waals surface area (Å²) in [5, 5.41) is 11.9. The Morgan fingerprint density at radius 2 is 1.73 bits per heavy atom. The zero-order valence-corrected chi connectivity index (χ0v) is 12.7. The van der Waals surface area contributed by atoms with Crippen LogP contribution in [0.2, 0.25) is 0 Å². The number of hydrogen-bond donors (Lipinski definition) is 2. The minimum absolute atomic E-state index is 0.102. The fraction of sp³-hybridized carbons (Fsp3) is 0.235. The number of halogens is 1. The van der Waals surface area contributed by atoms with E-state index in [2.05, 4.69) is 5.32 Å². The van der Waals surface area contributed by atoms with Crippen molar-refractivity contribution in [3.05, 3.63) is 53.8 Å². The summed E-state index contributed by atoms with van der Waals surface area (Å²) in [4.78, 5) is 10.9. The quantitative estimate of drug-likeness (QED) is 0.876. The molecule has 0 radical (unpaired) electrons. The van der Waals surface area contributed by atoms with Gasteiger partial charge in [0, 0.05) is 11.4 Å². The van der Waals surface area contributed by atoms with E-state index in [0.717, 1.165) is 11.8 Å². The summed E-state index contributed by atoms with van der Waals surface area (Å²) in [7, 11) is 0. The zero-order valence-electron chi connectivity index (χ0n) is 12.7. The first-order chi connectivity index (χ1) is 10.2. The molecule has 0 saturated heterocycles. The van der Waals surface area contributed by atoms with E-state index >= 15 is 0 Å². The van der Waals surface area contributed by atoms with Crippen molar-refractivity contribution in [2.45, 2.75) is 26.4 Å². The molecule has 0 unspecified atom stereocenters. The first-order valence-electron chi connectivity index (χ1n) is 6.83. The maximum absolute atomic E-state index is 13.4. The first-order valence-corrected chi connectivity index (χ1v) is 6.83. The lowest BCUT2D eigenvalue weighted by Crippen LogP contribution is -2.22. The maximum atomic E-state index is 13.4. The van der Waals surface area contributed by atoms with E-state index in [9.17, 15) is 9.18 Å². The van der Waals surface area contributed by atoms with Gasteiger partial charge in [-0.2, -0.15) is 0 Å². The molecule has 0 aliphatic carbocycles. The molecule has 0 bridgehead atoms. The normalized spacial score (nSPS) is 11.1. The van der Waals surface area contributed by atoms with Gasteiger partial charge in [0.1, 0.15) is 17.2 Å². The summed E-state index contributed by atoms with van der Waals surface area (Å²) in [6, 6.07) is 10.8. The third-order valence-electron chi connectivity index (χ3n) is 2.71. The Balaban J connectivity index is 2.16. The topological polar surface area (TPSA) is 58.6 Å². The molecule has 0 aromatic heterocycles. The maximum Gasteiger partial charge on any atom is 0.335 e. The van der Waals surface area contributed by atoms with Crippen molar-refractivity contribution in [1.29, 1.82) is 0 Å². The number of aromatic carboxylic acids is 1. The van der Waals surface area contributed by atoms with Crippen LogP contribution in [0.5, 0.6) is 5.75 Å². The summed E-state index contributed by atoms with van der Waals surface area (Å²) in [5.74, 6) is -1.05. The van der Waals surface area contributed by atoms with Crippen molar-refractivity contribution in [2.24, 2.45) is 0 Å². The number of ether oxygens (including phenoxy) is 1. The summed E-state index contributed by atoms with van der Waals surface area (Å²) in [5.41, 5.74) is 0.703. The Morgan fingerprint density at radius 1 is 1.09 bits per heavy atom. The third-order valence-corrected chi connectivity index (χ3v) is 2.71. The Kier molecular flexibility index (Phi) is 4.35. The van der Waals surface area contributed by atoms with Crippen LogP contribution in [0.4, 0.5) is 15.8 Å². The number of carbonyl (C=O) groups is 1. The standard InChI is InChI=1S/C17H18FNO3/c1-17(2,3)22-15-6-4-13(5-7-15)19-14-9-11(16(20)21)8-12(18)10-14/h4-10,19H,1-3H3,(H,20,21). The van der Waals surface area contributed by atoms with Gasteiger partial charge in [0.25, 0.3) is 0 Å². The highest BCUT2D eigenvalue weighted by Gasteiger charge is 2.11. The molecule has 4 nitrogen and oxygen atoms in total. The highest BCUT2D eigenvalue weighted by molar-refractivity contribution is 5.89. The van der Waals surface area contributed by atoms with Gasteiger partial charge in [0.15, 0.2) is 0 Å². The van der Waals surface area contributed by atoms with Crippen LogP contribution < -0.4 is 10.1 Å². The average molecular weight is 303 g/mol. The smallest absolute Gasteiger partial charge is 0.335 e. The van der Waals surface area contributed by atoms with Gasteiger partial charge < -0.3 is 15.2 Å². The molecule has 0 fully saturated rings. The van der Waals surface area contributed by atoms with Crippen LogP contribution in [0, 0.1) is 5.82 Å². The fourth-order valence-corrected chi connectivity index (χ4v) is 1.91. The van der Waals surface area contributed by atoms with Crippen molar-refractivity contribution in [3.63, 3.8) is 0 Å². The average Bonchev–Trinajstić information content (AvgIpc) is 2.38. The monoisotopic (exact) mass is 303 g/mol. The molecular weight excluding hydrogens is 285 g/mol. The van der Waals surface area contributed by atoms with Crippen LogP contribution in [-0.4, -0.2) is 16.7 Å². The van der Waals surface area contributed by atoms with Crippen molar-refractivity contribution in [1.82, 2.24) is 0 Å². The number of nitrogens with one attached hydrogen (secondary N) is 1. The highest BCUT2D eigenvalue weighted by atomic mass is 19.1. The van der Waals surface area contributed by atoms with Gasteiger partial charge in [0.2, 0.25) is 0 Å². The highest BCUT2D eigenvalue weighted by Crippen LogP contribution is 2.24. The summed E-state index contributed by atoms with van der Waals surface area (Å²) >= 11 is 0. The van der Waals surface area contributed by atoms with Crippen LogP contribution in [-0.2, 0) is 0 Å². The van der Waals surface area contributed by atoms with Gasteiger partial charge in [0.05, 0.1) is 5.56 Å². The molecule has 0 atom stereocenters. The Bertz CT molecular complexity index is 675. The van der Waals surface area contributed by atoms with E-state index in [0.29, 0.717) is 11.4 Å². The SMILES string of the molecule is CC(C)(C)Oc1ccc(Nc2cc(F)cc(C(=O)O)c2)cc1. The minimum atomic E-state index is -1.17. The van der Waals surface area contributed by atoms with Crippen molar-refractivity contribution in [3.8, 4) is 5.75 Å². The second-order valence-electron chi connectivity index (χ2n) is 5.90. The summed E-state index contributed by atoms with van der Waals surface area (Å²) < 4.78 is 19.1. The molecule has 2 aromatic rings. The van der Waals surface area contributed by atoms with Crippen LogP contribution in [0.1, 0.15) is 31.1 Å². The first kappa shape index (κ1) is 15.8. The van der Waals surface area contributed by atoms with Crippen molar-refractivity contribution >= 4 is 17.3 Å². The Morgan fingerprint density at radius 3 is 2.27 bits per heavy atom. The Labute approximate surface area is 128 Å². The molecule has 5 heteroatoms. The number of anilines is 2. The van der Waals surface area contributed by atoms with E-state index in [-0.39, 0.29) is 11.2 Å². The largest absolute Gasteiger partial charge is 0.488 e. The van der Waals surface area contributed by atoms with Gasteiger partial charge in [-0.25, -0.2) is 9.18 Å². The van der Waals surface area contributed by atoms with Gasteiger partial charge in [-0.1, -0.05) is 0 Å². The van der Waals surface area contributed by atoms with E-state index in [1.54, 1.807) is 24.3 Å². The molecule has 2 rings (SSSR count). The van der Waals surface area contributed by atoms with E-state index in [1.165, 1.54) is 12.1 Å². The van der Waals surface area contributed by atoms with Crippen LogP contribution >= 0.6 is 0 Å². The zero-order chi connectivity index (χ0) is 16.3. The van der Waals surface area contributed by atoms with Crippen LogP contribution in [0.25, 0.3) is 0 Å². The summed E-state index contributed by atoms with van der Waals surface area (Å²) in [6.45, 7) is 5.87. The van der Waals surface area contributed by atoms with E-state index in [1.807, 2.05) is 20.8 Å². The molecule has 0 saturated carbocycles. The molecule has 0 amide bonds. The predicted octanol–water partition coefficient (Wildman–Crippen LogP) is 4.44. The summed E-state index contributed by atoms with van der Waals surface area (Å²) in [6.07, 6.45) is 0. The van der Waals surface area contributed by atoms with Gasteiger partial charge in [-0.3, -0.25) is 0 Å². The molecular formula is C17H18FNO3. The molecule has 22 heavy (non-hydrogen) atoms. The van der Waals surface area contributed by atoms with E-state index in [4.69, 9.17) is 9.84 Å². The molecule has 0 aliphatic rings. The number of benzene rings is 2. The molecule has 2 aromatic carbocycles. The predicted molar refractivity (Wildman–Crippen MR) is 83.5 cm³/mol. The molecule has 2 N–H and O–H groups in total. The minimum Gasteiger partial charge on any atom is -0.488 e. The number of rotatable bonds is 4. The van der Waals surface area contributed by atoms with Gasteiger partial charge in [-0.15, -0.1) is 0 Å².